The zero-order valence-electron chi connectivity index (χ0n) is 15.6. The summed E-state index contributed by atoms with van der Waals surface area (Å²) in [5.74, 6) is -0.787. The summed E-state index contributed by atoms with van der Waals surface area (Å²) in [6.45, 7) is 3.99. The van der Waals surface area contributed by atoms with Crippen molar-refractivity contribution in [3.63, 3.8) is 0 Å². The molecular weight excluding hydrogens is 403 g/mol. The molecule has 5 nitrogen and oxygen atoms in total. The Balaban J connectivity index is 1.41. The van der Waals surface area contributed by atoms with Crippen LogP contribution >= 0.6 is 23.2 Å². The van der Waals surface area contributed by atoms with Crippen molar-refractivity contribution in [3.8, 4) is 0 Å². The molecule has 2 aromatic carbocycles. The lowest BCUT2D eigenvalue weighted by molar-refractivity contribution is -0.278. The molecule has 2 saturated heterocycles. The predicted octanol–water partition coefficient (Wildman–Crippen LogP) is 3.91. The predicted molar refractivity (Wildman–Crippen MR) is 105 cm³/mol. The standard InChI is InChI=1S/C21H22Cl2O5/c1-19(2)26-16-17(20(28-18(16)27-19)10-15(24)21(20,22)23)25-11-12-7-8-13-5-3-4-6-14(13)9-12/h3-9,15-18,24H,10-11H2,1-2H3/t15?,16-,17+,18+,20+/m1/s1. The highest BCUT2D eigenvalue weighted by atomic mass is 35.5. The summed E-state index contributed by atoms with van der Waals surface area (Å²) in [5, 5.41) is 12.4. The molecule has 5 atom stereocenters. The Morgan fingerprint density at radius 2 is 1.82 bits per heavy atom. The number of alkyl halides is 2. The molecule has 3 fully saturated rings. The lowest BCUT2D eigenvalue weighted by Gasteiger charge is -2.55. The van der Waals surface area contributed by atoms with Crippen LogP contribution in [0.5, 0.6) is 0 Å². The molecule has 5 rings (SSSR count). The minimum absolute atomic E-state index is 0.266. The minimum atomic E-state index is -1.48. The molecule has 1 unspecified atom stereocenters. The van der Waals surface area contributed by atoms with E-state index in [9.17, 15) is 5.11 Å². The van der Waals surface area contributed by atoms with Gasteiger partial charge in [0.2, 0.25) is 0 Å². The molecular formula is C21H22Cl2O5. The van der Waals surface area contributed by atoms with Gasteiger partial charge in [-0.15, -0.1) is 0 Å². The monoisotopic (exact) mass is 424 g/mol. The van der Waals surface area contributed by atoms with Crippen LogP contribution in [0.25, 0.3) is 10.8 Å². The molecule has 2 aromatic rings. The zero-order chi connectivity index (χ0) is 19.7. The Labute approximate surface area is 173 Å². The number of aliphatic hydroxyl groups is 1. The summed E-state index contributed by atoms with van der Waals surface area (Å²) in [7, 11) is 0. The topological polar surface area (TPSA) is 57.2 Å². The van der Waals surface area contributed by atoms with E-state index in [4.69, 9.17) is 42.1 Å². The van der Waals surface area contributed by atoms with Crippen LogP contribution in [0.1, 0.15) is 25.8 Å². The van der Waals surface area contributed by atoms with Crippen molar-refractivity contribution < 1.29 is 24.1 Å². The summed E-state index contributed by atoms with van der Waals surface area (Å²) in [4.78, 5) is 0. The molecule has 0 bridgehead atoms. The molecule has 7 heteroatoms. The smallest absolute Gasteiger partial charge is 0.190 e. The van der Waals surface area contributed by atoms with Gasteiger partial charge in [0.05, 0.1) is 12.7 Å². The molecule has 0 aromatic heterocycles. The van der Waals surface area contributed by atoms with E-state index >= 15 is 0 Å². The number of ether oxygens (including phenoxy) is 4. The molecule has 0 amide bonds. The van der Waals surface area contributed by atoms with Gasteiger partial charge in [0.15, 0.2) is 16.4 Å². The molecule has 1 spiro atoms. The molecule has 3 aliphatic rings. The van der Waals surface area contributed by atoms with Gasteiger partial charge in [-0.3, -0.25) is 0 Å². The van der Waals surface area contributed by atoms with E-state index in [0.29, 0.717) is 6.61 Å². The third kappa shape index (κ3) is 2.72. The van der Waals surface area contributed by atoms with Crippen molar-refractivity contribution in [2.45, 2.75) is 67.2 Å². The lowest BCUT2D eigenvalue weighted by Crippen LogP contribution is -2.72. The Bertz CT molecular complexity index is 917. The van der Waals surface area contributed by atoms with Gasteiger partial charge in [0.25, 0.3) is 0 Å². The van der Waals surface area contributed by atoms with Crippen LogP contribution in [0, 0.1) is 0 Å². The van der Waals surface area contributed by atoms with Gasteiger partial charge in [-0.2, -0.15) is 0 Å². The van der Waals surface area contributed by atoms with Crippen LogP contribution in [0.15, 0.2) is 42.5 Å². The lowest BCUT2D eigenvalue weighted by atomic mass is 9.72. The molecule has 1 saturated carbocycles. The van der Waals surface area contributed by atoms with Crippen LogP contribution in [-0.2, 0) is 25.6 Å². The van der Waals surface area contributed by atoms with Crippen LogP contribution in [0.2, 0.25) is 0 Å². The first kappa shape index (κ1) is 19.1. The highest BCUT2D eigenvalue weighted by Crippen LogP contribution is 2.61. The first-order chi connectivity index (χ1) is 13.2. The van der Waals surface area contributed by atoms with E-state index in [1.54, 1.807) is 0 Å². The van der Waals surface area contributed by atoms with E-state index < -0.39 is 40.3 Å². The van der Waals surface area contributed by atoms with Crippen LogP contribution in [0.3, 0.4) is 0 Å². The Morgan fingerprint density at radius 1 is 1.07 bits per heavy atom. The summed E-state index contributed by atoms with van der Waals surface area (Å²) < 4.78 is 22.8. The molecule has 0 radical (unpaired) electrons. The first-order valence-corrected chi connectivity index (χ1v) is 10.2. The maximum atomic E-state index is 10.1. The van der Waals surface area contributed by atoms with Gasteiger partial charge >= 0.3 is 0 Å². The van der Waals surface area contributed by atoms with E-state index in [1.807, 2.05) is 32.0 Å². The van der Waals surface area contributed by atoms with Gasteiger partial charge in [0.1, 0.15) is 17.8 Å². The highest BCUT2D eigenvalue weighted by molar-refractivity contribution is 6.50. The van der Waals surface area contributed by atoms with E-state index in [2.05, 4.69) is 24.3 Å². The summed E-state index contributed by atoms with van der Waals surface area (Å²) >= 11 is 12.9. The summed E-state index contributed by atoms with van der Waals surface area (Å²) in [6.07, 6.45) is -2.30. The summed E-state index contributed by atoms with van der Waals surface area (Å²) in [5.41, 5.74) is -0.0526. The third-order valence-corrected chi connectivity index (χ3v) is 7.04. The number of benzene rings is 2. The van der Waals surface area contributed by atoms with Crippen LogP contribution in [0.4, 0.5) is 0 Å². The molecule has 150 valence electrons. The fraction of sp³-hybridized carbons (Fsp3) is 0.524. The fourth-order valence-corrected chi connectivity index (χ4v) is 5.08. The highest BCUT2D eigenvalue weighted by Gasteiger charge is 2.77. The number of hydrogen-bond acceptors (Lipinski definition) is 5. The van der Waals surface area contributed by atoms with Crippen molar-refractivity contribution in [2.24, 2.45) is 0 Å². The molecule has 2 heterocycles. The SMILES string of the molecule is CC1(C)O[C@H]2O[C@@]3(CC(O)C3(Cl)Cl)[C@@H](OCc3ccc4ccccc4c3)[C@H]2O1. The van der Waals surface area contributed by atoms with Gasteiger partial charge in [-0.25, -0.2) is 0 Å². The second-order valence-electron chi connectivity index (χ2n) is 8.23. The number of halogens is 2. The van der Waals surface area contributed by atoms with Gasteiger partial charge < -0.3 is 24.1 Å². The maximum absolute atomic E-state index is 10.1. The molecule has 2 aliphatic heterocycles. The Kier molecular flexibility index (Phi) is 4.28. The second-order valence-corrected chi connectivity index (χ2v) is 9.62. The van der Waals surface area contributed by atoms with Gasteiger partial charge in [-0.05, 0) is 36.2 Å². The van der Waals surface area contributed by atoms with Crippen molar-refractivity contribution in [3.05, 3.63) is 48.0 Å². The number of rotatable bonds is 3. The number of fused-ring (bicyclic) bond motifs is 2. The maximum Gasteiger partial charge on any atom is 0.190 e. The van der Waals surface area contributed by atoms with Crippen LogP contribution in [-0.4, -0.2) is 45.4 Å². The van der Waals surface area contributed by atoms with E-state index in [1.165, 1.54) is 5.39 Å². The third-order valence-electron chi connectivity index (χ3n) is 5.90. The minimum Gasteiger partial charge on any atom is -0.390 e. The number of hydrogen-bond donors (Lipinski definition) is 1. The average Bonchev–Trinajstić information content (AvgIpc) is 3.10. The largest absolute Gasteiger partial charge is 0.390 e. The Morgan fingerprint density at radius 3 is 2.54 bits per heavy atom. The normalized spacial score (nSPS) is 37.9. The second kappa shape index (κ2) is 6.29. The average molecular weight is 425 g/mol. The van der Waals surface area contributed by atoms with Crippen molar-refractivity contribution in [1.29, 1.82) is 0 Å². The fourth-order valence-electron chi connectivity index (χ4n) is 4.47. The quantitative estimate of drug-likeness (QED) is 0.756. The van der Waals surface area contributed by atoms with E-state index in [0.717, 1.165) is 10.9 Å². The first-order valence-electron chi connectivity index (χ1n) is 9.40. The van der Waals surface area contributed by atoms with Gasteiger partial charge in [0, 0.05) is 6.42 Å². The number of aliphatic hydroxyl groups excluding tert-OH is 1. The van der Waals surface area contributed by atoms with Crippen LogP contribution < -0.4 is 0 Å². The van der Waals surface area contributed by atoms with Crippen molar-refractivity contribution >= 4 is 34.0 Å². The van der Waals surface area contributed by atoms with Crippen molar-refractivity contribution in [2.75, 3.05) is 0 Å². The molecule has 1 N–H and O–H groups in total. The summed E-state index contributed by atoms with van der Waals surface area (Å²) in [6, 6.07) is 14.3. The molecule has 1 aliphatic carbocycles. The van der Waals surface area contributed by atoms with Crippen molar-refractivity contribution in [1.82, 2.24) is 0 Å². The van der Waals surface area contributed by atoms with Gasteiger partial charge in [-0.1, -0.05) is 59.6 Å². The molecule has 28 heavy (non-hydrogen) atoms. The zero-order valence-corrected chi connectivity index (χ0v) is 17.1. The van der Waals surface area contributed by atoms with E-state index in [-0.39, 0.29) is 6.42 Å². The Hall–Kier alpha value is -0.920.